The molecule has 0 amide bonds. The first-order valence-electron chi connectivity index (χ1n) is 4.29. The average molecular weight is 233 g/mol. The number of benzene rings is 1. The minimum atomic E-state index is -1.05. The van der Waals surface area contributed by atoms with E-state index in [9.17, 15) is 9.18 Å². The monoisotopic (exact) mass is 232 g/mol. The van der Waals surface area contributed by atoms with Gasteiger partial charge in [0.15, 0.2) is 6.10 Å². The second-order valence-electron chi connectivity index (χ2n) is 3.04. The van der Waals surface area contributed by atoms with Crippen LogP contribution in [0.15, 0.2) is 18.2 Å². The van der Waals surface area contributed by atoms with Gasteiger partial charge >= 0.3 is 5.97 Å². The predicted octanol–water partition coefficient (Wildman–Crippen LogP) is 2.47. The molecule has 1 aromatic rings. The topological polar surface area (TPSA) is 46.5 Å². The molecule has 0 spiro atoms. The van der Waals surface area contributed by atoms with Gasteiger partial charge in [0.1, 0.15) is 5.82 Å². The molecule has 82 valence electrons. The molecule has 15 heavy (non-hydrogen) atoms. The zero-order valence-corrected chi connectivity index (χ0v) is 8.79. The van der Waals surface area contributed by atoms with Crippen LogP contribution in [0.1, 0.15) is 12.5 Å². The first-order valence-corrected chi connectivity index (χ1v) is 4.67. The summed E-state index contributed by atoms with van der Waals surface area (Å²) in [7, 11) is 0. The van der Waals surface area contributed by atoms with Crippen molar-refractivity contribution in [3.8, 4) is 0 Å². The average Bonchev–Trinajstić information content (AvgIpc) is 2.19. The second-order valence-corrected chi connectivity index (χ2v) is 3.45. The van der Waals surface area contributed by atoms with Gasteiger partial charge in [-0.1, -0.05) is 17.7 Å². The summed E-state index contributed by atoms with van der Waals surface area (Å²) in [6.07, 6.45) is -0.913. The molecule has 0 unspecified atom stereocenters. The van der Waals surface area contributed by atoms with Gasteiger partial charge in [0.05, 0.1) is 11.6 Å². The maximum atomic E-state index is 13.0. The highest BCUT2D eigenvalue weighted by Crippen LogP contribution is 2.16. The standard InChI is InChI=1S/C10H10ClFO3/c1-6(10(13)14)15-5-7-2-3-8(11)9(12)4-7/h2-4,6H,5H2,1H3,(H,13,14)/t6-/m0/s1. The van der Waals surface area contributed by atoms with E-state index in [2.05, 4.69) is 0 Å². The molecule has 0 aliphatic heterocycles. The fourth-order valence-electron chi connectivity index (χ4n) is 0.922. The summed E-state index contributed by atoms with van der Waals surface area (Å²) in [6.45, 7) is 1.45. The van der Waals surface area contributed by atoms with Crippen molar-refractivity contribution in [3.05, 3.63) is 34.6 Å². The van der Waals surface area contributed by atoms with Gasteiger partial charge in [-0.3, -0.25) is 0 Å². The van der Waals surface area contributed by atoms with Crippen molar-refractivity contribution in [2.45, 2.75) is 19.6 Å². The Hall–Kier alpha value is -1.13. The third-order valence-corrected chi connectivity index (χ3v) is 2.14. The highest BCUT2D eigenvalue weighted by Gasteiger charge is 2.11. The first-order chi connectivity index (χ1) is 7.00. The lowest BCUT2D eigenvalue weighted by molar-refractivity contribution is -0.149. The first kappa shape index (κ1) is 11.9. The molecule has 1 aromatic carbocycles. The Morgan fingerprint density at radius 3 is 2.87 bits per heavy atom. The molecule has 0 aliphatic carbocycles. The number of carboxylic acids is 1. The lowest BCUT2D eigenvalue weighted by Gasteiger charge is -2.08. The minimum Gasteiger partial charge on any atom is -0.479 e. The lowest BCUT2D eigenvalue weighted by atomic mass is 10.2. The molecule has 0 saturated heterocycles. The zero-order chi connectivity index (χ0) is 11.4. The van der Waals surface area contributed by atoms with Gasteiger partial charge in [-0.25, -0.2) is 9.18 Å². The Morgan fingerprint density at radius 1 is 1.67 bits per heavy atom. The third kappa shape index (κ3) is 3.49. The molecule has 5 heteroatoms. The number of carboxylic acid groups (broad SMARTS) is 1. The van der Waals surface area contributed by atoms with Crippen LogP contribution in [0.3, 0.4) is 0 Å². The molecule has 0 aliphatic rings. The maximum absolute atomic E-state index is 13.0. The van der Waals surface area contributed by atoms with Gasteiger partial charge < -0.3 is 9.84 Å². The number of halogens is 2. The van der Waals surface area contributed by atoms with Crippen molar-refractivity contribution < 1.29 is 19.0 Å². The minimum absolute atomic E-state index is 0.0324. The van der Waals surface area contributed by atoms with E-state index < -0.39 is 17.9 Å². The summed E-state index contributed by atoms with van der Waals surface area (Å²) in [4.78, 5) is 10.4. The molecule has 3 nitrogen and oxygen atoms in total. The smallest absolute Gasteiger partial charge is 0.332 e. The fraction of sp³-hybridized carbons (Fsp3) is 0.300. The molecule has 0 aromatic heterocycles. The fourth-order valence-corrected chi connectivity index (χ4v) is 1.04. The molecular weight excluding hydrogens is 223 g/mol. The number of aliphatic carboxylic acids is 1. The second kappa shape index (κ2) is 5.09. The van der Waals surface area contributed by atoms with Crippen LogP contribution in [0, 0.1) is 5.82 Å². The molecule has 0 fully saturated rings. The number of hydrogen-bond acceptors (Lipinski definition) is 2. The lowest BCUT2D eigenvalue weighted by Crippen LogP contribution is -2.19. The Kier molecular flexibility index (Phi) is 4.05. The predicted molar refractivity (Wildman–Crippen MR) is 53.3 cm³/mol. The van der Waals surface area contributed by atoms with E-state index in [4.69, 9.17) is 21.4 Å². The summed E-state index contributed by atoms with van der Waals surface area (Å²) in [5.74, 6) is -1.59. The van der Waals surface area contributed by atoms with Crippen LogP contribution in [0.4, 0.5) is 4.39 Å². The van der Waals surface area contributed by atoms with Crippen LogP contribution >= 0.6 is 11.6 Å². The van der Waals surface area contributed by atoms with Crippen molar-refractivity contribution in [3.63, 3.8) is 0 Å². The molecule has 1 N–H and O–H groups in total. The van der Waals surface area contributed by atoms with Gasteiger partial charge in [0.2, 0.25) is 0 Å². The van der Waals surface area contributed by atoms with Crippen molar-refractivity contribution in [1.82, 2.24) is 0 Å². The van der Waals surface area contributed by atoms with E-state index in [-0.39, 0.29) is 11.6 Å². The Morgan fingerprint density at radius 2 is 2.33 bits per heavy atom. The van der Waals surface area contributed by atoms with Crippen molar-refractivity contribution >= 4 is 17.6 Å². The molecule has 0 bridgehead atoms. The third-order valence-electron chi connectivity index (χ3n) is 1.83. The number of carbonyl (C=O) groups is 1. The highest BCUT2D eigenvalue weighted by molar-refractivity contribution is 6.30. The largest absolute Gasteiger partial charge is 0.479 e. The van der Waals surface area contributed by atoms with E-state index >= 15 is 0 Å². The quantitative estimate of drug-likeness (QED) is 0.868. The van der Waals surface area contributed by atoms with E-state index in [1.165, 1.54) is 19.1 Å². The van der Waals surface area contributed by atoms with Crippen LogP contribution in [-0.4, -0.2) is 17.2 Å². The Balaban J connectivity index is 2.58. The summed E-state index contributed by atoms with van der Waals surface area (Å²) in [6, 6.07) is 4.21. The van der Waals surface area contributed by atoms with Crippen LogP contribution in [0.2, 0.25) is 5.02 Å². The van der Waals surface area contributed by atoms with Crippen LogP contribution < -0.4 is 0 Å². The summed E-state index contributed by atoms with van der Waals surface area (Å²) < 4.78 is 17.9. The summed E-state index contributed by atoms with van der Waals surface area (Å²) in [5, 5.41) is 8.57. The molecular formula is C10H10ClFO3. The summed E-state index contributed by atoms with van der Waals surface area (Å²) >= 11 is 5.48. The molecule has 0 heterocycles. The van der Waals surface area contributed by atoms with Gasteiger partial charge in [-0.05, 0) is 24.6 Å². The van der Waals surface area contributed by atoms with E-state index in [1.54, 1.807) is 6.07 Å². The number of hydrogen-bond donors (Lipinski definition) is 1. The number of ether oxygens (including phenoxy) is 1. The van der Waals surface area contributed by atoms with Crippen LogP contribution in [0.25, 0.3) is 0 Å². The normalized spacial score (nSPS) is 12.5. The Labute approximate surface area is 91.4 Å². The highest BCUT2D eigenvalue weighted by atomic mass is 35.5. The van der Waals surface area contributed by atoms with Crippen LogP contribution in [0.5, 0.6) is 0 Å². The molecule has 1 atom stereocenters. The van der Waals surface area contributed by atoms with Gasteiger partial charge in [-0.2, -0.15) is 0 Å². The Bertz CT molecular complexity index is 368. The SMILES string of the molecule is C[C@H](OCc1ccc(Cl)c(F)c1)C(=O)O. The van der Waals surface area contributed by atoms with Gasteiger partial charge in [-0.15, -0.1) is 0 Å². The molecule has 1 rings (SSSR count). The summed E-state index contributed by atoms with van der Waals surface area (Å²) in [5.41, 5.74) is 0.546. The van der Waals surface area contributed by atoms with Crippen molar-refractivity contribution in [2.75, 3.05) is 0 Å². The van der Waals surface area contributed by atoms with Crippen molar-refractivity contribution in [2.24, 2.45) is 0 Å². The van der Waals surface area contributed by atoms with E-state index in [1.807, 2.05) is 0 Å². The van der Waals surface area contributed by atoms with Crippen molar-refractivity contribution in [1.29, 1.82) is 0 Å². The van der Waals surface area contributed by atoms with Gasteiger partial charge in [0.25, 0.3) is 0 Å². The maximum Gasteiger partial charge on any atom is 0.332 e. The van der Waals surface area contributed by atoms with E-state index in [0.717, 1.165) is 0 Å². The van der Waals surface area contributed by atoms with Gasteiger partial charge in [0, 0.05) is 0 Å². The molecule has 0 radical (unpaired) electrons. The van der Waals surface area contributed by atoms with Crippen LogP contribution in [-0.2, 0) is 16.1 Å². The zero-order valence-electron chi connectivity index (χ0n) is 8.04. The van der Waals surface area contributed by atoms with E-state index in [0.29, 0.717) is 5.56 Å². The number of rotatable bonds is 4. The molecule has 0 saturated carbocycles.